The third-order valence-corrected chi connectivity index (χ3v) is 3.05. The van der Waals surface area contributed by atoms with E-state index in [1.54, 1.807) is 0 Å². The normalized spacial score (nSPS) is 13.8. The van der Waals surface area contributed by atoms with Crippen molar-refractivity contribution in [3.63, 3.8) is 0 Å². The Morgan fingerprint density at radius 2 is 1.83 bits per heavy atom. The van der Waals surface area contributed by atoms with Gasteiger partial charge in [0, 0.05) is 13.0 Å². The molecule has 0 heterocycles. The number of Topliss-reactive ketones (excluding diaryl/α,β-unsaturated/α-hetero) is 1. The molecule has 1 aromatic rings. The number of oxime groups is 1. The van der Waals surface area contributed by atoms with Crippen molar-refractivity contribution in [2.45, 2.75) is 13.8 Å². The summed E-state index contributed by atoms with van der Waals surface area (Å²) in [4.78, 5) is 41.8. The van der Waals surface area contributed by atoms with Gasteiger partial charge in [0.1, 0.15) is 5.71 Å². The lowest BCUT2D eigenvalue weighted by molar-refractivity contribution is -0.394. The van der Waals surface area contributed by atoms with E-state index in [1.165, 1.54) is 6.92 Å². The summed E-state index contributed by atoms with van der Waals surface area (Å²) in [5, 5.41) is 24.4. The molecule has 0 saturated heterocycles. The minimum Gasteiger partial charge on any atom is -0.735 e. The number of non-ortho nitro benzene ring substituents is 1. The van der Waals surface area contributed by atoms with Crippen LogP contribution in [-0.2, 0) is 14.0 Å². The second-order valence-corrected chi connectivity index (χ2v) is 5.26. The molecule has 0 N–H and O–H groups in total. The molecule has 0 aromatic heterocycles. The first-order chi connectivity index (χ1) is 10.5. The Balaban J connectivity index is 3.10. The van der Waals surface area contributed by atoms with Gasteiger partial charge in [0.2, 0.25) is 5.75 Å². The third-order valence-electron chi connectivity index (χ3n) is 2.35. The standard InChI is InChI=1S/C10H10N3O9P/c1-6(7(2)14)11-22-23(19,20)21-10-4-3-8(12(15)16)5-9(10)13(17)18/h3-5H,1-2H3,(H,19,20)/p-1/b11-6+. The zero-order valence-electron chi connectivity index (χ0n) is 11.7. The summed E-state index contributed by atoms with van der Waals surface area (Å²) in [7, 11) is -5.18. The zero-order valence-corrected chi connectivity index (χ0v) is 12.6. The molecule has 0 fully saturated rings. The van der Waals surface area contributed by atoms with E-state index in [9.17, 15) is 34.5 Å². The van der Waals surface area contributed by atoms with Gasteiger partial charge < -0.3 is 14.0 Å². The summed E-state index contributed by atoms with van der Waals surface area (Å²) < 4.78 is 19.9. The van der Waals surface area contributed by atoms with E-state index in [4.69, 9.17) is 0 Å². The Labute approximate surface area is 128 Å². The van der Waals surface area contributed by atoms with Crippen LogP contribution in [0.25, 0.3) is 0 Å². The molecule has 0 aliphatic carbocycles. The summed E-state index contributed by atoms with van der Waals surface area (Å²) in [5.74, 6) is -1.36. The van der Waals surface area contributed by atoms with Crippen LogP contribution in [0.3, 0.4) is 0 Å². The molecule has 23 heavy (non-hydrogen) atoms. The lowest BCUT2D eigenvalue weighted by Crippen LogP contribution is -2.12. The van der Waals surface area contributed by atoms with Gasteiger partial charge in [0.25, 0.3) is 5.69 Å². The smallest absolute Gasteiger partial charge is 0.394 e. The van der Waals surface area contributed by atoms with Gasteiger partial charge in [-0.2, -0.15) is 0 Å². The largest absolute Gasteiger partial charge is 0.735 e. The second kappa shape index (κ2) is 6.94. The van der Waals surface area contributed by atoms with Crippen LogP contribution in [0.4, 0.5) is 11.4 Å². The molecule has 0 aliphatic rings. The van der Waals surface area contributed by atoms with E-state index in [0.29, 0.717) is 6.07 Å². The van der Waals surface area contributed by atoms with Gasteiger partial charge in [-0.3, -0.25) is 25.0 Å². The average Bonchev–Trinajstić information content (AvgIpc) is 2.44. The maximum atomic E-state index is 11.5. The number of ketones is 1. The van der Waals surface area contributed by atoms with Gasteiger partial charge in [-0.25, -0.2) is 4.57 Å². The first-order valence-electron chi connectivity index (χ1n) is 5.71. The molecule has 1 unspecified atom stereocenters. The van der Waals surface area contributed by atoms with Crippen molar-refractivity contribution in [1.29, 1.82) is 0 Å². The monoisotopic (exact) mass is 346 g/mol. The Morgan fingerprint density at radius 1 is 1.22 bits per heavy atom. The van der Waals surface area contributed by atoms with Crippen LogP contribution in [0.2, 0.25) is 0 Å². The summed E-state index contributed by atoms with van der Waals surface area (Å²) in [6.45, 7) is 2.29. The first kappa shape index (κ1) is 18.2. The Morgan fingerprint density at radius 3 is 2.30 bits per heavy atom. The van der Waals surface area contributed by atoms with Crippen LogP contribution in [0.1, 0.15) is 13.8 Å². The minimum atomic E-state index is -5.18. The molecule has 13 heteroatoms. The molecule has 0 saturated carbocycles. The number of carbonyl (C=O) groups excluding carboxylic acids is 1. The van der Waals surface area contributed by atoms with Gasteiger partial charge in [-0.05, 0) is 13.0 Å². The number of hydrogen-bond acceptors (Lipinski definition) is 10. The molecule has 1 aromatic carbocycles. The highest BCUT2D eigenvalue weighted by atomic mass is 31.2. The first-order valence-corrected chi connectivity index (χ1v) is 7.17. The van der Waals surface area contributed by atoms with Crippen LogP contribution in [0.15, 0.2) is 23.4 Å². The summed E-state index contributed by atoms with van der Waals surface area (Å²) >= 11 is 0. The number of hydrogen-bond donors (Lipinski definition) is 0. The van der Waals surface area contributed by atoms with E-state index in [2.05, 4.69) is 14.3 Å². The number of benzene rings is 1. The molecular formula is C10H9N3O9P-. The van der Waals surface area contributed by atoms with Crippen molar-refractivity contribution in [1.82, 2.24) is 0 Å². The van der Waals surface area contributed by atoms with E-state index in [1.807, 2.05) is 0 Å². The van der Waals surface area contributed by atoms with Gasteiger partial charge >= 0.3 is 13.5 Å². The predicted molar refractivity (Wildman–Crippen MR) is 72.9 cm³/mol. The molecular weight excluding hydrogens is 337 g/mol. The molecule has 0 spiro atoms. The minimum absolute atomic E-state index is 0.275. The fraction of sp³-hybridized carbons (Fsp3) is 0.200. The highest BCUT2D eigenvalue weighted by molar-refractivity contribution is 7.46. The number of phosphoric acid groups is 1. The molecule has 0 aliphatic heterocycles. The van der Waals surface area contributed by atoms with Crippen LogP contribution in [0, 0.1) is 20.2 Å². The van der Waals surface area contributed by atoms with Crippen molar-refractivity contribution in [2.75, 3.05) is 0 Å². The zero-order chi connectivity index (χ0) is 17.8. The number of rotatable bonds is 7. The summed E-state index contributed by atoms with van der Waals surface area (Å²) in [6, 6.07) is 2.07. The molecule has 0 radical (unpaired) electrons. The fourth-order valence-corrected chi connectivity index (χ4v) is 1.80. The highest BCUT2D eigenvalue weighted by Gasteiger charge is 2.25. The van der Waals surface area contributed by atoms with Crippen LogP contribution < -0.4 is 9.42 Å². The number of nitro benzene ring substituents is 2. The Hall–Kier alpha value is -2.85. The molecule has 12 nitrogen and oxygen atoms in total. The number of nitrogens with zero attached hydrogens (tertiary/aromatic N) is 3. The van der Waals surface area contributed by atoms with E-state index < -0.39 is 40.6 Å². The van der Waals surface area contributed by atoms with Crippen molar-refractivity contribution in [3.8, 4) is 5.75 Å². The van der Waals surface area contributed by atoms with E-state index in [0.717, 1.165) is 19.1 Å². The molecule has 0 amide bonds. The maximum absolute atomic E-state index is 11.5. The highest BCUT2D eigenvalue weighted by Crippen LogP contribution is 2.44. The van der Waals surface area contributed by atoms with Gasteiger partial charge in [-0.1, -0.05) is 5.16 Å². The molecule has 1 atom stereocenters. The second-order valence-electron chi connectivity index (χ2n) is 4.02. The lowest BCUT2D eigenvalue weighted by Gasteiger charge is -2.20. The van der Waals surface area contributed by atoms with Crippen LogP contribution in [-0.4, -0.2) is 21.3 Å². The Bertz CT molecular complexity index is 745. The van der Waals surface area contributed by atoms with Crippen molar-refractivity contribution in [2.24, 2.45) is 5.16 Å². The molecule has 1 rings (SSSR count). The average molecular weight is 346 g/mol. The van der Waals surface area contributed by atoms with Crippen molar-refractivity contribution >= 4 is 30.7 Å². The van der Waals surface area contributed by atoms with Crippen LogP contribution in [0.5, 0.6) is 5.75 Å². The maximum Gasteiger partial charge on any atom is 0.394 e. The molecule has 0 bridgehead atoms. The van der Waals surface area contributed by atoms with Gasteiger partial charge in [-0.15, -0.1) is 0 Å². The quantitative estimate of drug-likeness (QED) is 0.305. The van der Waals surface area contributed by atoms with Crippen molar-refractivity contribution < 1.29 is 33.2 Å². The number of nitro groups is 2. The number of carbonyl (C=O) groups is 1. The van der Waals surface area contributed by atoms with E-state index in [-0.39, 0.29) is 5.71 Å². The number of phosphoric ester groups is 1. The van der Waals surface area contributed by atoms with Gasteiger partial charge in [0.15, 0.2) is 5.78 Å². The van der Waals surface area contributed by atoms with E-state index >= 15 is 0 Å². The fourth-order valence-electron chi connectivity index (χ4n) is 1.15. The Kier molecular flexibility index (Phi) is 5.49. The van der Waals surface area contributed by atoms with Gasteiger partial charge in [0.05, 0.1) is 15.9 Å². The SMILES string of the molecule is CC(=O)/C(C)=N/OP(=O)([O-])Oc1ccc([N+](=O)[O-])cc1[N+](=O)[O-]. The lowest BCUT2D eigenvalue weighted by atomic mass is 10.2. The summed E-state index contributed by atoms with van der Waals surface area (Å²) in [6.07, 6.45) is 0. The molecule has 124 valence electrons. The topological polar surface area (TPSA) is 174 Å². The third kappa shape index (κ3) is 5.13. The summed E-state index contributed by atoms with van der Waals surface area (Å²) in [5.41, 5.74) is -1.86. The van der Waals surface area contributed by atoms with Crippen molar-refractivity contribution in [3.05, 3.63) is 38.4 Å². The predicted octanol–water partition coefficient (Wildman–Crippen LogP) is 1.33. The van der Waals surface area contributed by atoms with Crippen LogP contribution >= 0.6 is 7.82 Å².